The summed E-state index contributed by atoms with van der Waals surface area (Å²) in [6.45, 7) is -0.919. The molecule has 0 atom stereocenters. The smallest absolute Gasteiger partial charge is 0.408 e. The Morgan fingerprint density at radius 3 is 2.78 bits per heavy atom. The van der Waals surface area contributed by atoms with Gasteiger partial charge in [0.2, 0.25) is 0 Å². The van der Waals surface area contributed by atoms with Crippen molar-refractivity contribution in [2.45, 2.75) is 12.9 Å². The number of oxazole rings is 1. The molecule has 0 aliphatic carbocycles. The van der Waals surface area contributed by atoms with Crippen LogP contribution in [0.15, 0.2) is 27.4 Å². The lowest BCUT2D eigenvalue weighted by Crippen LogP contribution is -2.21. The lowest BCUT2D eigenvalue weighted by Gasteiger charge is -2.07. The number of nitrogens with two attached hydrogens (primary N) is 1. The van der Waals surface area contributed by atoms with Crippen LogP contribution in [0.1, 0.15) is 0 Å². The Hall–Kier alpha value is -1.96. The van der Waals surface area contributed by atoms with Crippen molar-refractivity contribution >= 4 is 16.8 Å². The van der Waals surface area contributed by atoms with Gasteiger partial charge in [0.25, 0.3) is 0 Å². The highest BCUT2D eigenvalue weighted by Gasteiger charge is 2.28. The van der Waals surface area contributed by atoms with Crippen LogP contribution in [-0.4, -0.2) is 17.5 Å². The van der Waals surface area contributed by atoms with Crippen LogP contribution in [0, 0.1) is 0 Å². The Labute approximate surface area is 98.5 Å². The van der Waals surface area contributed by atoms with E-state index in [9.17, 15) is 18.0 Å². The van der Waals surface area contributed by atoms with Crippen LogP contribution in [0.4, 0.5) is 18.9 Å². The topological polar surface area (TPSA) is 70.4 Å². The van der Waals surface area contributed by atoms with Crippen LogP contribution >= 0.6 is 0 Å². The van der Waals surface area contributed by atoms with E-state index >= 15 is 0 Å². The van der Waals surface area contributed by atoms with Gasteiger partial charge in [0.05, 0.1) is 18.7 Å². The van der Waals surface area contributed by atoms with Crippen LogP contribution < -0.4 is 11.5 Å². The summed E-state index contributed by atoms with van der Waals surface area (Å²) in [6, 6.07) is 4.46. The van der Waals surface area contributed by atoms with Crippen LogP contribution in [-0.2, 0) is 11.3 Å². The lowest BCUT2D eigenvalue weighted by atomic mass is 10.3. The van der Waals surface area contributed by atoms with E-state index in [0.717, 1.165) is 4.57 Å². The second-order valence-corrected chi connectivity index (χ2v) is 3.54. The number of hydrogen-bond donors (Lipinski definition) is 1. The van der Waals surface area contributed by atoms with Crippen molar-refractivity contribution in [1.82, 2.24) is 4.57 Å². The van der Waals surface area contributed by atoms with Gasteiger partial charge in [0.15, 0.2) is 5.58 Å². The molecule has 8 heteroatoms. The molecular weight excluding hydrogens is 253 g/mol. The van der Waals surface area contributed by atoms with Crippen LogP contribution in [0.25, 0.3) is 11.1 Å². The Morgan fingerprint density at radius 2 is 2.11 bits per heavy atom. The molecule has 5 nitrogen and oxygen atoms in total. The number of rotatable bonds is 3. The summed E-state index contributed by atoms with van der Waals surface area (Å²) in [6.07, 6.45) is -4.71. The van der Waals surface area contributed by atoms with E-state index in [4.69, 9.17) is 10.2 Å². The molecule has 1 aromatic heterocycles. The fourth-order valence-corrected chi connectivity index (χ4v) is 1.55. The first-order chi connectivity index (χ1) is 8.37. The number of halogens is 3. The summed E-state index contributed by atoms with van der Waals surface area (Å²) < 4.78 is 44.9. The Kier molecular flexibility index (Phi) is 3.04. The number of anilines is 1. The minimum Gasteiger partial charge on any atom is -0.408 e. The normalized spacial score (nSPS) is 12.2. The Balaban J connectivity index is 2.23. The predicted octanol–water partition coefficient (Wildman–Crippen LogP) is 1.71. The summed E-state index contributed by atoms with van der Waals surface area (Å²) in [5, 5.41) is 0. The first kappa shape index (κ1) is 12.5. The molecule has 0 radical (unpaired) electrons. The second kappa shape index (κ2) is 4.37. The lowest BCUT2D eigenvalue weighted by molar-refractivity contribution is -0.325. The van der Waals surface area contributed by atoms with Gasteiger partial charge in [-0.1, -0.05) is 0 Å². The molecule has 1 aromatic carbocycles. The van der Waals surface area contributed by atoms with Gasteiger partial charge in [-0.2, -0.15) is 0 Å². The molecule has 1 heterocycles. The molecule has 0 amide bonds. The zero-order chi connectivity index (χ0) is 13.3. The number of alkyl halides is 3. The molecule has 0 fully saturated rings. The van der Waals surface area contributed by atoms with Crippen LogP contribution in [0.3, 0.4) is 0 Å². The first-order valence-corrected chi connectivity index (χ1v) is 4.96. The zero-order valence-electron chi connectivity index (χ0n) is 9.03. The fraction of sp³-hybridized carbons (Fsp3) is 0.300. The second-order valence-electron chi connectivity index (χ2n) is 3.54. The van der Waals surface area contributed by atoms with Crippen LogP contribution in [0.5, 0.6) is 0 Å². The molecule has 0 saturated heterocycles. The van der Waals surface area contributed by atoms with Gasteiger partial charge in [-0.3, -0.25) is 9.30 Å². The maximum atomic E-state index is 11.8. The van der Waals surface area contributed by atoms with E-state index in [2.05, 4.69) is 4.74 Å². The monoisotopic (exact) mass is 262 g/mol. The fourth-order valence-electron chi connectivity index (χ4n) is 1.55. The number of ether oxygens (including phenoxy) is 1. The van der Waals surface area contributed by atoms with E-state index in [1.54, 1.807) is 0 Å². The van der Waals surface area contributed by atoms with Gasteiger partial charge >= 0.3 is 12.1 Å². The van der Waals surface area contributed by atoms with Crippen molar-refractivity contribution in [3.05, 3.63) is 28.7 Å². The van der Waals surface area contributed by atoms with Crippen LogP contribution in [0.2, 0.25) is 0 Å². The largest absolute Gasteiger partial charge is 0.522 e. The maximum Gasteiger partial charge on any atom is 0.522 e. The first-order valence-electron chi connectivity index (χ1n) is 4.96. The van der Waals surface area contributed by atoms with Gasteiger partial charge in [0.1, 0.15) is 0 Å². The van der Waals surface area contributed by atoms with Gasteiger partial charge in [0, 0.05) is 11.8 Å². The number of nitrogens with zero attached hydrogens (tertiary/aromatic N) is 1. The Morgan fingerprint density at radius 1 is 1.39 bits per heavy atom. The summed E-state index contributed by atoms with van der Waals surface area (Å²) in [5.41, 5.74) is 6.50. The molecule has 2 aromatic rings. The highest BCUT2D eigenvalue weighted by Crippen LogP contribution is 2.18. The molecule has 0 aliphatic rings. The molecule has 2 rings (SSSR count). The minimum absolute atomic E-state index is 0.229. The van der Waals surface area contributed by atoms with E-state index in [1.165, 1.54) is 18.2 Å². The third-order valence-electron chi connectivity index (χ3n) is 2.27. The summed E-state index contributed by atoms with van der Waals surface area (Å²) in [5.74, 6) is -0.749. The number of fused-ring (bicyclic) bond motifs is 1. The molecule has 0 bridgehead atoms. The molecular formula is C10H9F3N2O3. The van der Waals surface area contributed by atoms with Crippen molar-refractivity contribution < 1.29 is 22.3 Å². The van der Waals surface area contributed by atoms with Crippen molar-refractivity contribution in [3.8, 4) is 0 Å². The van der Waals surface area contributed by atoms with Gasteiger partial charge < -0.3 is 10.2 Å². The van der Waals surface area contributed by atoms with E-state index in [-0.39, 0.29) is 12.1 Å². The van der Waals surface area contributed by atoms with Gasteiger partial charge in [-0.15, -0.1) is 13.2 Å². The van der Waals surface area contributed by atoms with E-state index < -0.39 is 18.7 Å². The quantitative estimate of drug-likeness (QED) is 0.855. The average Bonchev–Trinajstić information content (AvgIpc) is 2.52. The number of aromatic nitrogens is 1. The SMILES string of the molecule is Nc1ccc2c(c1)oc(=O)n2CCOC(F)(F)F. The maximum absolute atomic E-state index is 11.8. The highest BCUT2D eigenvalue weighted by atomic mass is 19.4. The van der Waals surface area contributed by atoms with Gasteiger partial charge in [-0.25, -0.2) is 4.79 Å². The number of nitrogen functional groups attached to an aromatic ring is 1. The van der Waals surface area contributed by atoms with Crippen molar-refractivity contribution in [2.75, 3.05) is 12.3 Å². The third-order valence-corrected chi connectivity index (χ3v) is 2.27. The highest BCUT2D eigenvalue weighted by molar-refractivity contribution is 5.76. The number of hydrogen-bond acceptors (Lipinski definition) is 4. The molecule has 0 saturated carbocycles. The number of benzene rings is 1. The Bertz CT molecular complexity index is 615. The van der Waals surface area contributed by atoms with Crippen molar-refractivity contribution in [1.29, 1.82) is 0 Å². The molecule has 0 aliphatic heterocycles. The van der Waals surface area contributed by atoms with E-state index in [0.29, 0.717) is 11.2 Å². The molecule has 2 N–H and O–H groups in total. The summed E-state index contributed by atoms with van der Waals surface area (Å²) in [7, 11) is 0. The van der Waals surface area contributed by atoms with Crippen molar-refractivity contribution in [3.63, 3.8) is 0 Å². The van der Waals surface area contributed by atoms with Gasteiger partial charge in [-0.05, 0) is 12.1 Å². The average molecular weight is 262 g/mol. The third kappa shape index (κ3) is 2.65. The van der Waals surface area contributed by atoms with Crippen molar-refractivity contribution in [2.24, 2.45) is 0 Å². The predicted molar refractivity (Wildman–Crippen MR) is 56.9 cm³/mol. The summed E-state index contributed by atoms with van der Waals surface area (Å²) >= 11 is 0. The standard InChI is InChI=1S/C10H9F3N2O3/c11-10(12,13)17-4-3-15-7-2-1-6(14)5-8(7)18-9(15)16/h1-2,5H,3-4,14H2. The molecule has 0 spiro atoms. The molecule has 0 unspecified atom stereocenters. The minimum atomic E-state index is -4.71. The zero-order valence-corrected chi connectivity index (χ0v) is 9.03. The van der Waals surface area contributed by atoms with E-state index in [1.807, 2.05) is 0 Å². The summed E-state index contributed by atoms with van der Waals surface area (Å²) in [4.78, 5) is 11.4. The molecule has 98 valence electrons. The molecule has 18 heavy (non-hydrogen) atoms.